The Labute approximate surface area is 166 Å². The summed E-state index contributed by atoms with van der Waals surface area (Å²) in [5.41, 5.74) is 7.43. The second-order valence-electron chi connectivity index (χ2n) is 8.16. The van der Waals surface area contributed by atoms with E-state index in [1.165, 1.54) is 64.7 Å². The summed E-state index contributed by atoms with van der Waals surface area (Å²) < 4.78 is 0. The van der Waals surface area contributed by atoms with Gasteiger partial charge in [-0.05, 0) is 72.6 Å². The first-order chi connectivity index (χ1) is 12.2. The molecule has 2 aliphatic carbocycles. The van der Waals surface area contributed by atoms with Crippen molar-refractivity contribution in [2.75, 3.05) is 0 Å². The van der Waals surface area contributed by atoms with Gasteiger partial charge in [-0.1, -0.05) is 44.2 Å². The molecule has 0 radical (unpaired) electrons. The Kier molecular flexibility index (Phi) is 4.83. The van der Waals surface area contributed by atoms with E-state index in [1.807, 2.05) is 11.3 Å². The fourth-order valence-electron chi connectivity index (χ4n) is 4.74. The molecule has 3 heteroatoms. The van der Waals surface area contributed by atoms with Crippen molar-refractivity contribution >= 4 is 34.0 Å². The van der Waals surface area contributed by atoms with Gasteiger partial charge in [-0.3, -0.25) is 0 Å². The number of hydrogen-bond donors (Lipinski definition) is 0. The smallest absolute Gasteiger partial charge is 0.124 e. The Balaban J connectivity index is 0.00000168. The zero-order valence-corrected chi connectivity index (χ0v) is 17.2. The van der Waals surface area contributed by atoms with E-state index in [0.29, 0.717) is 0 Å². The van der Waals surface area contributed by atoms with Gasteiger partial charge in [0.15, 0.2) is 0 Å². The topological polar surface area (TPSA) is 12.9 Å². The van der Waals surface area contributed by atoms with Crippen molar-refractivity contribution in [1.82, 2.24) is 4.98 Å². The summed E-state index contributed by atoms with van der Waals surface area (Å²) in [6.07, 6.45) is 7.40. The second kappa shape index (κ2) is 6.98. The fourth-order valence-corrected chi connectivity index (χ4v) is 6.15. The maximum absolute atomic E-state index is 5.18. The van der Waals surface area contributed by atoms with Gasteiger partial charge in [0.2, 0.25) is 0 Å². The van der Waals surface area contributed by atoms with E-state index in [2.05, 4.69) is 44.2 Å². The summed E-state index contributed by atoms with van der Waals surface area (Å²) in [4.78, 5) is 8.09. The number of thiophene rings is 1. The normalized spacial score (nSPS) is 21.8. The van der Waals surface area contributed by atoms with Gasteiger partial charge in [0, 0.05) is 16.0 Å². The molecule has 1 aromatic carbocycles. The van der Waals surface area contributed by atoms with Crippen molar-refractivity contribution in [3.8, 4) is 11.1 Å². The third-order valence-electron chi connectivity index (χ3n) is 6.12. The van der Waals surface area contributed by atoms with Crippen LogP contribution in [0.25, 0.3) is 21.3 Å². The number of hydrogen-bond acceptors (Lipinski definition) is 2. The van der Waals surface area contributed by atoms with Crippen LogP contribution < -0.4 is 0 Å². The van der Waals surface area contributed by atoms with Gasteiger partial charge in [-0.25, -0.2) is 4.98 Å². The predicted octanol–water partition coefficient (Wildman–Crippen LogP) is 6.63. The molecule has 2 unspecified atom stereocenters. The Bertz CT molecular complexity index is 944. The molecule has 3 aromatic rings. The van der Waals surface area contributed by atoms with E-state index >= 15 is 0 Å². The first-order valence-electron chi connectivity index (χ1n) is 9.72. The van der Waals surface area contributed by atoms with Crippen LogP contribution in [0.2, 0.25) is 0 Å². The molecule has 0 fully saturated rings. The SMILES string of the molecule is CC1CCc2c(sc3nc4c(c(-c5ccccc5)c23)CC(C)CC4)C1.Cl. The van der Waals surface area contributed by atoms with Crippen molar-refractivity contribution in [2.45, 2.75) is 52.4 Å². The van der Waals surface area contributed by atoms with E-state index in [4.69, 9.17) is 4.98 Å². The summed E-state index contributed by atoms with van der Waals surface area (Å²) in [6.45, 7) is 4.79. The Morgan fingerprint density at radius 3 is 2.46 bits per heavy atom. The fraction of sp³-hybridized carbons (Fsp3) is 0.435. The van der Waals surface area contributed by atoms with E-state index in [0.717, 1.165) is 18.3 Å². The third-order valence-corrected chi connectivity index (χ3v) is 7.27. The zero-order chi connectivity index (χ0) is 17.0. The first kappa shape index (κ1) is 18.0. The lowest BCUT2D eigenvalue weighted by molar-refractivity contribution is 0.496. The molecular weight excluding hydrogens is 358 g/mol. The van der Waals surface area contributed by atoms with Gasteiger partial charge < -0.3 is 0 Å². The van der Waals surface area contributed by atoms with E-state index in [-0.39, 0.29) is 12.4 Å². The Hall–Kier alpha value is -1.38. The number of rotatable bonds is 1. The highest BCUT2D eigenvalue weighted by atomic mass is 35.5. The minimum atomic E-state index is 0. The lowest BCUT2D eigenvalue weighted by atomic mass is 9.81. The zero-order valence-electron chi connectivity index (χ0n) is 15.5. The van der Waals surface area contributed by atoms with E-state index in [1.54, 1.807) is 10.4 Å². The molecule has 0 spiro atoms. The highest BCUT2D eigenvalue weighted by Crippen LogP contribution is 2.45. The third kappa shape index (κ3) is 2.88. The van der Waals surface area contributed by atoms with Crippen molar-refractivity contribution in [3.05, 3.63) is 52.0 Å². The van der Waals surface area contributed by atoms with Gasteiger partial charge in [0.05, 0.1) is 0 Å². The van der Waals surface area contributed by atoms with Crippen LogP contribution in [0.1, 0.15) is 48.4 Å². The molecule has 2 heterocycles. The summed E-state index contributed by atoms with van der Waals surface area (Å²) in [7, 11) is 0. The maximum Gasteiger partial charge on any atom is 0.124 e. The average Bonchev–Trinajstić information content (AvgIpc) is 2.97. The van der Waals surface area contributed by atoms with Crippen molar-refractivity contribution in [1.29, 1.82) is 0 Å². The molecule has 0 amide bonds. The quantitative estimate of drug-likeness (QED) is 0.459. The standard InChI is InChI=1S/C23H25NS.ClH/c1-14-9-11-19-18(12-14)21(16-6-4-3-5-7-16)22-17-10-8-15(2)13-20(17)25-23(22)24-19;/h3-7,14-15H,8-13H2,1-2H3;1H. The lowest BCUT2D eigenvalue weighted by Crippen LogP contribution is -2.15. The lowest BCUT2D eigenvalue weighted by Gasteiger charge is -2.25. The highest BCUT2D eigenvalue weighted by Gasteiger charge is 2.28. The van der Waals surface area contributed by atoms with Crippen LogP contribution in [-0.2, 0) is 25.7 Å². The van der Waals surface area contributed by atoms with Crippen LogP contribution in [0.5, 0.6) is 0 Å². The van der Waals surface area contributed by atoms with Crippen LogP contribution in [0.4, 0.5) is 0 Å². The maximum atomic E-state index is 5.18. The molecular formula is C23H26ClNS. The molecule has 2 aromatic heterocycles. The van der Waals surface area contributed by atoms with Gasteiger partial charge in [0.25, 0.3) is 0 Å². The number of pyridine rings is 1. The molecule has 1 nitrogen and oxygen atoms in total. The number of halogens is 1. The van der Waals surface area contributed by atoms with Crippen molar-refractivity contribution < 1.29 is 0 Å². The monoisotopic (exact) mass is 383 g/mol. The van der Waals surface area contributed by atoms with Crippen LogP contribution in [0.15, 0.2) is 30.3 Å². The summed E-state index contributed by atoms with van der Waals surface area (Å²) in [5.74, 6) is 1.58. The molecule has 136 valence electrons. The minimum absolute atomic E-state index is 0. The average molecular weight is 384 g/mol. The molecule has 2 atom stereocenters. The van der Waals surface area contributed by atoms with Gasteiger partial charge in [-0.2, -0.15) is 0 Å². The first-order valence-corrected chi connectivity index (χ1v) is 10.5. The van der Waals surface area contributed by atoms with Gasteiger partial charge in [0.1, 0.15) is 4.83 Å². The van der Waals surface area contributed by atoms with Gasteiger partial charge in [-0.15, -0.1) is 23.7 Å². The number of benzene rings is 1. The number of nitrogens with zero attached hydrogens (tertiary/aromatic N) is 1. The largest absolute Gasteiger partial charge is 0.242 e. The molecule has 0 saturated carbocycles. The molecule has 0 saturated heterocycles. The van der Waals surface area contributed by atoms with Crippen LogP contribution in [0, 0.1) is 11.8 Å². The van der Waals surface area contributed by atoms with Crippen molar-refractivity contribution in [3.63, 3.8) is 0 Å². The Morgan fingerprint density at radius 2 is 1.65 bits per heavy atom. The second-order valence-corrected chi connectivity index (χ2v) is 9.24. The molecule has 0 aliphatic heterocycles. The number of fused-ring (bicyclic) bond motifs is 4. The molecule has 0 N–H and O–H groups in total. The summed E-state index contributed by atoms with van der Waals surface area (Å²) >= 11 is 1.97. The number of aromatic nitrogens is 1. The molecule has 2 aliphatic rings. The van der Waals surface area contributed by atoms with Crippen LogP contribution >= 0.6 is 23.7 Å². The van der Waals surface area contributed by atoms with Crippen molar-refractivity contribution in [2.24, 2.45) is 11.8 Å². The predicted molar refractivity (Wildman–Crippen MR) is 115 cm³/mol. The summed E-state index contributed by atoms with van der Waals surface area (Å²) in [5, 5.41) is 1.49. The molecule has 26 heavy (non-hydrogen) atoms. The van der Waals surface area contributed by atoms with Crippen LogP contribution in [0.3, 0.4) is 0 Å². The van der Waals surface area contributed by atoms with Gasteiger partial charge >= 0.3 is 0 Å². The van der Waals surface area contributed by atoms with Crippen LogP contribution in [-0.4, -0.2) is 4.98 Å². The highest BCUT2D eigenvalue weighted by molar-refractivity contribution is 7.19. The molecule has 0 bridgehead atoms. The summed E-state index contributed by atoms with van der Waals surface area (Å²) in [6, 6.07) is 11.1. The minimum Gasteiger partial charge on any atom is -0.242 e. The van der Waals surface area contributed by atoms with E-state index < -0.39 is 0 Å². The van der Waals surface area contributed by atoms with E-state index in [9.17, 15) is 0 Å². The Morgan fingerprint density at radius 1 is 0.923 bits per heavy atom. The molecule has 5 rings (SSSR count). The number of aryl methyl sites for hydroxylation is 2.